The summed E-state index contributed by atoms with van der Waals surface area (Å²) in [6.07, 6.45) is 3.47. The Kier molecular flexibility index (Phi) is 6.06. The molecule has 0 bridgehead atoms. The summed E-state index contributed by atoms with van der Waals surface area (Å²) in [6, 6.07) is 6.62. The van der Waals surface area contributed by atoms with Gasteiger partial charge in [-0.05, 0) is 50.7 Å². The van der Waals surface area contributed by atoms with Gasteiger partial charge >= 0.3 is 0 Å². The Hall–Kier alpha value is -0.660. The van der Waals surface area contributed by atoms with Crippen molar-refractivity contribution in [1.29, 1.82) is 0 Å². The van der Waals surface area contributed by atoms with Gasteiger partial charge in [0.25, 0.3) is 0 Å². The molecule has 5 nitrogen and oxygen atoms in total. The summed E-state index contributed by atoms with van der Waals surface area (Å²) in [7, 11) is -3.56. The number of halogens is 1. The lowest BCUT2D eigenvalue weighted by Crippen LogP contribution is -2.49. The van der Waals surface area contributed by atoms with E-state index >= 15 is 0 Å². The largest absolute Gasteiger partial charge is 0.382 e. The first-order valence-corrected chi connectivity index (χ1v) is 10.8. The van der Waals surface area contributed by atoms with Gasteiger partial charge in [-0.25, -0.2) is 8.42 Å². The van der Waals surface area contributed by atoms with Gasteiger partial charge in [0.05, 0.1) is 10.6 Å². The maximum absolute atomic E-state index is 12.9. The van der Waals surface area contributed by atoms with Crippen molar-refractivity contribution >= 4 is 21.6 Å². The lowest BCUT2D eigenvalue weighted by atomic mass is 9.78. The number of hydrogen-bond donors (Lipinski definition) is 0. The fraction of sp³-hybridized carbons (Fsp3) is 0.667. The molecule has 1 aromatic carbocycles. The molecule has 1 unspecified atom stereocenters. The van der Waals surface area contributed by atoms with Gasteiger partial charge < -0.3 is 9.47 Å². The molecule has 7 heteroatoms. The van der Waals surface area contributed by atoms with Gasteiger partial charge in [-0.1, -0.05) is 23.7 Å². The van der Waals surface area contributed by atoms with Gasteiger partial charge in [0, 0.05) is 32.9 Å². The highest BCUT2D eigenvalue weighted by atomic mass is 35.5. The number of ether oxygens (including phenoxy) is 2. The minimum atomic E-state index is -3.56. The zero-order valence-corrected chi connectivity index (χ0v) is 16.2. The fourth-order valence-electron chi connectivity index (χ4n) is 4.01. The lowest BCUT2D eigenvalue weighted by molar-refractivity contribution is -0.0611. The third-order valence-corrected chi connectivity index (χ3v) is 7.84. The molecule has 25 heavy (non-hydrogen) atoms. The molecule has 2 heterocycles. The third-order valence-electron chi connectivity index (χ3n) is 5.44. The van der Waals surface area contributed by atoms with Crippen LogP contribution in [0.3, 0.4) is 0 Å². The smallest absolute Gasteiger partial charge is 0.244 e. The van der Waals surface area contributed by atoms with Gasteiger partial charge in [-0.3, -0.25) is 0 Å². The molecule has 3 rings (SSSR count). The summed E-state index contributed by atoms with van der Waals surface area (Å²) in [6.45, 7) is 5.17. The van der Waals surface area contributed by atoms with E-state index in [1.165, 1.54) is 0 Å². The molecule has 2 saturated heterocycles. The van der Waals surface area contributed by atoms with E-state index in [0.717, 1.165) is 45.5 Å². The number of benzene rings is 1. The summed E-state index contributed by atoms with van der Waals surface area (Å²) >= 11 is 6.10. The zero-order valence-electron chi connectivity index (χ0n) is 14.6. The van der Waals surface area contributed by atoms with Crippen molar-refractivity contribution in [1.82, 2.24) is 4.31 Å². The normalized spacial score (nSPS) is 24.0. The highest BCUT2D eigenvalue weighted by Crippen LogP contribution is 2.43. The number of nitrogens with zero attached hydrogens (tertiary/aromatic N) is 1. The minimum absolute atomic E-state index is 0.188. The van der Waals surface area contributed by atoms with E-state index in [-0.39, 0.29) is 15.5 Å². The summed E-state index contributed by atoms with van der Waals surface area (Å²) in [4.78, 5) is 0.188. The molecule has 2 aliphatic rings. The van der Waals surface area contributed by atoms with Crippen LogP contribution in [-0.4, -0.2) is 51.2 Å². The first kappa shape index (κ1) is 19.1. The molecule has 2 fully saturated rings. The van der Waals surface area contributed by atoms with E-state index in [0.29, 0.717) is 19.0 Å². The molecular formula is C18H26ClNO4S. The van der Waals surface area contributed by atoms with Gasteiger partial charge in [0.2, 0.25) is 10.0 Å². The quantitative estimate of drug-likeness (QED) is 0.702. The van der Waals surface area contributed by atoms with Gasteiger partial charge in [-0.2, -0.15) is 4.31 Å². The molecule has 0 radical (unpaired) electrons. The monoisotopic (exact) mass is 387 g/mol. The molecule has 1 spiro atoms. The Balaban J connectivity index is 1.68. The fourth-order valence-corrected chi connectivity index (χ4v) is 5.95. The molecule has 0 saturated carbocycles. The Morgan fingerprint density at radius 2 is 2.04 bits per heavy atom. The van der Waals surface area contributed by atoms with Crippen molar-refractivity contribution in [2.45, 2.75) is 43.1 Å². The average molecular weight is 388 g/mol. The van der Waals surface area contributed by atoms with E-state index in [1.807, 2.05) is 6.92 Å². The molecule has 0 aromatic heterocycles. The summed E-state index contributed by atoms with van der Waals surface area (Å²) < 4.78 is 38.9. The zero-order chi connectivity index (χ0) is 17.9. The van der Waals surface area contributed by atoms with E-state index in [1.54, 1.807) is 28.6 Å². The van der Waals surface area contributed by atoms with Crippen LogP contribution >= 0.6 is 11.6 Å². The van der Waals surface area contributed by atoms with Crippen LogP contribution in [0, 0.1) is 5.92 Å². The molecule has 140 valence electrons. The van der Waals surface area contributed by atoms with Crippen molar-refractivity contribution in [2.24, 2.45) is 5.92 Å². The number of rotatable bonds is 6. The SMILES string of the molecule is CCOCCC1CCOC12CCN(S(=O)(=O)c1ccccc1Cl)CC2. The maximum atomic E-state index is 12.9. The molecule has 1 atom stereocenters. The second-order valence-corrected chi connectivity index (χ2v) is 9.03. The van der Waals surface area contributed by atoms with Crippen molar-refractivity contribution in [3.63, 3.8) is 0 Å². The predicted molar refractivity (Wildman–Crippen MR) is 97.3 cm³/mol. The van der Waals surface area contributed by atoms with Gasteiger partial charge in [-0.15, -0.1) is 0 Å². The van der Waals surface area contributed by atoms with Crippen LogP contribution in [0.2, 0.25) is 5.02 Å². The standard InChI is InChI=1S/C18H26ClNO4S/c1-2-23-13-7-15-8-14-24-18(15)9-11-20(12-10-18)25(21,22)17-6-4-3-5-16(17)19/h3-6,15H,2,7-14H2,1H3. The van der Waals surface area contributed by atoms with Crippen LogP contribution in [0.25, 0.3) is 0 Å². The van der Waals surface area contributed by atoms with E-state index in [4.69, 9.17) is 21.1 Å². The maximum Gasteiger partial charge on any atom is 0.244 e. The number of hydrogen-bond acceptors (Lipinski definition) is 4. The molecule has 0 amide bonds. The van der Waals surface area contributed by atoms with Crippen molar-refractivity contribution < 1.29 is 17.9 Å². The highest BCUT2D eigenvalue weighted by Gasteiger charge is 2.47. The van der Waals surface area contributed by atoms with Crippen LogP contribution in [-0.2, 0) is 19.5 Å². The molecule has 2 aliphatic heterocycles. The Morgan fingerprint density at radius 3 is 2.72 bits per heavy atom. The first-order valence-electron chi connectivity index (χ1n) is 8.96. The van der Waals surface area contributed by atoms with E-state index in [2.05, 4.69) is 0 Å². The number of piperidine rings is 1. The molecule has 0 aliphatic carbocycles. The van der Waals surface area contributed by atoms with Crippen molar-refractivity contribution in [2.75, 3.05) is 32.9 Å². The molecule has 1 aromatic rings. The Morgan fingerprint density at radius 1 is 1.32 bits per heavy atom. The highest BCUT2D eigenvalue weighted by molar-refractivity contribution is 7.89. The first-order chi connectivity index (χ1) is 12.0. The van der Waals surface area contributed by atoms with Crippen LogP contribution < -0.4 is 0 Å². The third kappa shape index (κ3) is 3.88. The van der Waals surface area contributed by atoms with E-state index in [9.17, 15) is 8.42 Å². The van der Waals surface area contributed by atoms with Crippen LogP contribution in [0.15, 0.2) is 29.2 Å². The second kappa shape index (κ2) is 7.92. The van der Waals surface area contributed by atoms with Crippen LogP contribution in [0.1, 0.15) is 32.6 Å². The molecule has 0 N–H and O–H groups in total. The predicted octanol–water partition coefficient (Wildman–Crippen LogP) is 3.33. The summed E-state index contributed by atoms with van der Waals surface area (Å²) in [5.74, 6) is 0.448. The minimum Gasteiger partial charge on any atom is -0.382 e. The van der Waals surface area contributed by atoms with Gasteiger partial charge in [0.15, 0.2) is 0 Å². The van der Waals surface area contributed by atoms with Gasteiger partial charge in [0.1, 0.15) is 4.90 Å². The lowest BCUT2D eigenvalue weighted by Gasteiger charge is -2.41. The second-order valence-electron chi connectivity index (χ2n) is 6.72. The molecular weight excluding hydrogens is 362 g/mol. The van der Waals surface area contributed by atoms with Crippen molar-refractivity contribution in [3.8, 4) is 0 Å². The van der Waals surface area contributed by atoms with Crippen LogP contribution in [0.4, 0.5) is 0 Å². The van der Waals surface area contributed by atoms with Crippen molar-refractivity contribution in [3.05, 3.63) is 29.3 Å². The average Bonchev–Trinajstić information content (AvgIpc) is 2.98. The number of sulfonamides is 1. The summed E-state index contributed by atoms with van der Waals surface area (Å²) in [5, 5.41) is 0.273. The topological polar surface area (TPSA) is 55.8 Å². The van der Waals surface area contributed by atoms with E-state index < -0.39 is 10.0 Å². The Bertz CT molecular complexity index is 686. The Labute approximate surface area is 155 Å². The summed E-state index contributed by atoms with van der Waals surface area (Å²) in [5.41, 5.74) is -0.191. The van der Waals surface area contributed by atoms with Crippen LogP contribution in [0.5, 0.6) is 0 Å².